The number of nitrogens with one attached hydrogen (secondary N) is 1. The number of anilines is 2. The number of hydrogen-bond acceptors (Lipinski definition) is 2. The lowest BCUT2D eigenvalue weighted by Crippen LogP contribution is -2.11. The SMILES string of the molecule is Cc1cc(N(C)C)ccc1NC1CCc2c(F)cccc21. The summed E-state index contributed by atoms with van der Waals surface area (Å²) in [5, 5.41) is 3.57. The zero-order chi connectivity index (χ0) is 15.0. The molecule has 21 heavy (non-hydrogen) atoms. The van der Waals surface area contributed by atoms with Crippen molar-refractivity contribution in [1.29, 1.82) is 0 Å². The molecule has 0 radical (unpaired) electrons. The summed E-state index contributed by atoms with van der Waals surface area (Å²) in [4.78, 5) is 2.09. The van der Waals surface area contributed by atoms with Gasteiger partial charge < -0.3 is 10.2 Å². The molecule has 0 bridgehead atoms. The molecular formula is C18H21FN2. The topological polar surface area (TPSA) is 15.3 Å². The van der Waals surface area contributed by atoms with E-state index in [2.05, 4.69) is 35.3 Å². The normalized spacial score (nSPS) is 16.7. The first-order valence-corrected chi connectivity index (χ1v) is 7.38. The summed E-state index contributed by atoms with van der Waals surface area (Å²) in [6.45, 7) is 2.11. The highest BCUT2D eigenvalue weighted by Crippen LogP contribution is 2.36. The third kappa shape index (κ3) is 2.60. The summed E-state index contributed by atoms with van der Waals surface area (Å²) in [7, 11) is 4.08. The minimum absolute atomic E-state index is 0.0727. The summed E-state index contributed by atoms with van der Waals surface area (Å²) in [6, 6.07) is 12.0. The zero-order valence-corrected chi connectivity index (χ0v) is 12.8. The van der Waals surface area contributed by atoms with Crippen LogP contribution in [0.4, 0.5) is 15.8 Å². The van der Waals surface area contributed by atoms with E-state index in [-0.39, 0.29) is 11.9 Å². The summed E-state index contributed by atoms with van der Waals surface area (Å²) in [5.74, 6) is -0.0727. The Morgan fingerprint density at radius 1 is 1.19 bits per heavy atom. The molecule has 0 aromatic heterocycles. The smallest absolute Gasteiger partial charge is 0.126 e. The fraction of sp³-hybridized carbons (Fsp3) is 0.333. The number of nitrogens with zero attached hydrogens (tertiary/aromatic N) is 1. The highest BCUT2D eigenvalue weighted by Gasteiger charge is 2.24. The van der Waals surface area contributed by atoms with Crippen LogP contribution in [0.15, 0.2) is 36.4 Å². The van der Waals surface area contributed by atoms with Crippen molar-refractivity contribution in [2.24, 2.45) is 0 Å². The van der Waals surface area contributed by atoms with E-state index < -0.39 is 0 Å². The summed E-state index contributed by atoms with van der Waals surface area (Å²) >= 11 is 0. The van der Waals surface area contributed by atoms with E-state index in [1.165, 1.54) is 11.3 Å². The fourth-order valence-electron chi connectivity index (χ4n) is 3.04. The molecule has 2 aromatic rings. The maximum atomic E-state index is 13.8. The molecule has 3 rings (SSSR count). The lowest BCUT2D eigenvalue weighted by Gasteiger charge is -2.20. The maximum absolute atomic E-state index is 13.8. The highest BCUT2D eigenvalue weighted by molar-refractivity contribution is 5.61. The van der Waals surface area contributed by atoms with E-state index in [9.17, 15) is 4.39 Å². The second-order valence-electron chi connectivity index (χ2n) is 5.94. The molecule has 1 unspecified atom stereocenters. The number of halogens is 1. The van der Waals surface area contributed by atoms with Gasteiger partial charge in [-0.2, -0.15) is 0 Å². The van der Waals surface area contributed by atoms with Gasteiger partial charge in [-0.05, 0) is 60.7 Å². The van der Waals surface area contributed by atoms with Crippen LogP contribution in [0.25, 0.3) is 0 Å². The lowest BCUT2D eigenvalue weighted by molar-refractivity contribution is 0.612. The first-order chi connectivity index (χ1) is 10.1. The molecule has 0 fully saturated rings. The predicted octanol–water partition coefficient (Wildman–Crippen LogP) is 4.30. The molecule has 110 valence electrons. The van der Waals surface area contributed by atoms with Gasteiger partial charge in [0.2, 0.25) is 0 Å². The Morgan fingerprint density at radius 3 is 2.71 bits per heavy atom. The Morgan fingerprint density at radius 2 is 2.00 bits per heavy atom. The summed E-state index contributed by atoms with van der Waals surface area (Å²) in [5.41, 5.74) is 5.51. The van der Waals surface area contributed by atoms with Crippen LogP contribution in [0.3, 0.4) is 0 Å². The van der Waals surface area contributed by atoms with Gasteiger partial charge >= 0.3 is 0 Å². The first kappa shape index (κ1) is 13.9. The van der Waals surface area contributed by atoms with Gasteiger partial charge in [0.05, 0.1) is 6.04 Å². The van der Waals surface area contributed by atoms with Gasteiger partial charge in [-0.25, -0.2) is 4.39 Å². The molecule has 0 saturated carbocycles. The number of hydrogen-bond donors (Lipinski definition) is 1. The van der Waals surface area contributed by atoms with Crippen molar-refractivity contribution in [1.82, 2.24) is 0 Å². The largest absolute Gasteiger partial charge is 0.378 e. The molecule has 3 heteroatoms. The Hall–Kier alpha value is -2.03. The van der Waals surface area contributed by atoms with Crippen LogP contribution in [-0.4, -0.2) is 14.1 Å². The van der Waals surface area contributed by atoms with E-state index in [0.717, 1.165) is 29.7 Å². The number of aryl methyl sites for hydroxylation is 1. The number of fused-ring (bicyclic) bond motifs is 1. The highest BCUT2D eigenvalue weighted by atomic mass is 19.1. The molecule has 2 aromatic carbocycles. The quantitative estimate of drug-likeness (QED) is 0.904. The molecule has 1 atom stereocenters. The minimum Gasteiger partial charge on any atom is -0.378 e. The monoisotopic (exact) mass is 284 g/mol. The van der Waals surface area contributed by atoms with E-state index in [1.807, 2.05) is 20.2 Å². The van der Waals surface area contributed by atoms with Crippen molar-refractivity contribution in [2.45, 2.75) is 25.8 Å². The van der Waals surface area contributed by atoms with E-state index in [0.29, 0.717) is 0 Å². The second kappa shape index (κ2) is 5.40. The second-order valence-corrected chi connectivity index (χ2v) is 5.94. The Labute approximate surface area is 125 Å². The third-order valence-corrected chi connectivity index (χ3v) is 4.27. The van der Waals surface area contributed by atoms with Gasteiger partial charge in [0.1, 0.15) is 5.82 Å². The minimum atomic E-state index is -0.0727. The molecule has 0 saturated heterocycles. The molecular weight excluding hydrogens is 263 g/mol. The average molecular weight is 284 g/mol. The molecule has 2 nitrogen and oxygen atoms in total. The molecule has 0 aliphatic heterocycles. The molecule has 0 spiro atoms. The van der Waals surface area contributed by atoms with Crippen LogP contribution < -0.4 is 10.2 Å². The molecule has 1 aliphatic rings. The molecule has 0 amide bonds. The molecule has 1 aliphatic carbocycles. The van der Waals surface area contributed by atoms with Crippen molar-refractivity contribution in [3.63, 3.8) is 0 Å². The predicted molar refractivity (Wildman–Crippen MR) is 86.6 cm³/mol. The fourth-order valence-corrected chi connectivity index (χ4v) is 3.04. The van der Waals surface area contributed by atoms with Crippen molar-refractivity contribution >= 4 is 11.4 Å². The van der Waals surface area contributed by atoms with E-state index in [1.54, 1.807) is 12.1 Å². The van der Waals surface area contributed by atoms with Gasteiger partial charge in [-0.3, -0.25) is 0 Å². The van der Waals surface area contributed by atoms with Gasteiger partial charge in [0.25, 0.3) is 0 Å². The Balaban J connectivity index is 1.85. The molecule has 1 N–H and O–H groups in total. The van der Waals surface area contributed by atoms with Gasteiger partial charge in [0.15, 0.2) is 0 Å². The van der Waals surface area contributed by atoms with Crippen LogP contribution in [0, 0.1) is 12.7 Å². The summed E-state index contributed by atoms with van der Waals surface area (Å²) < 4.78 is 13.8. The lowest BCUT2D eigenvalue weighted by atomic mass is 10.1. The Bertz CT molecular complexity index is 664. The van der Waals surface area contributed by atoms with Crippen LogP contribution >= 0.6 is 0 Å². The zero-order valence-electron chi connectivity index (χ0n) is 12.8. The van der Waals surface area contributed by atoms with Crippen LogP contribution in [0.5, 0.6) is 0 Å². The maximum Gasteiger partial charge on any atom is 0.126 e. The van der Waals surface area contributed by atoms with Gasteiger partial charge in [-0.1, -0.05) is 12.1 Å². The van der Waals surface area contributed by atoms with Crippen LogP contribution in [0.2, 0.25) is 0 Å². The summed E-state index contributed by atoms with van der Waals surface area (Å²) in [6.07, 6.45) is 1.76. The third-order valence-electron chi connectivity index (χ3n) is 4.27. The van der Waals surface area contributed by atoms with Gasteiger partial charge in [0, 0.05) is 25.5 Å². The first-order valence-electron chi connectivity index (χ1n) is 7.38. The Kier molecular flexibility index (Phi) is 3.58. The van der Waals surface area contributed by atoms with E-state index >= 15 is 0 Å². The number of benzene rings is 2. The van der Waals surface area contributed by atoms with Crippen molar-refractivity contribution in [3.05, 3.63) is 58.9 Å². The van der Waals surface area contributed by atoms with Gasteiger partial charge in [-0.15, -0.1) is 0 Å². The van der Waals surface area contributed by atoms with Crippen LogP contribution in [0.1, 0.15) is 29.2 Å². The van der Waals surface area contributed by atoms with Crippen molar-refractivity contribution < 1.29 is 4.39 Å². The average Bonchev–Trinajstić information content (AvgIpc) is 2.85. The van der Waals surface area contributed by atoms with Crippen molar-refractivity contribution in [2.75, 3.05) is 24.3 Å². The standard InChI is InChI=1S/C18H21FN2/c1-12-11-13(21(2)3)7-9-17(12)20-18-10-8-14-15(18)5-4-6-16(14)19/h4-7,9,11,18,20H,8,10H2,1-3H3. The number of rotatable bonds is 3. The molecule has 0 heterocycles. The van der Waals surface area contributed by atoms with Crippen molar-refractivity contribution in [3.8, 4) is 0 Å². The van der Waals surface area contributed by atoms with E-state index in [4.69, 9.17) is 0 Å². The van der Waals surface area contributed by atoms with Crippen LogP contribution in [-0.2, 0) is 6.42 Å².